The number of ether oxygens (including phenoxy) is 4. The largest absolute Gasteiger partial charge is 0.472 e. The molecular formula is C18H36B3IO12P2S. The predicted molar refractivity (Wildman–Crippen MR) is 154 cm³/mol. The van der Waals surface area contributed by atoms with Crippen molar-refractivity contribution in [2.75, 3.05) is 19.8 Å². The Morgan fingerprint density at radius 3 is 1.86 bits per heavy atom. The van der Waals surface area contributed by atoms with E-state index in [1.165, 1.54) is 0 Å². The Hall–Kier alpha value is 1.33. The fourth-order valence-corrected chi connectivity index (χ4v) is 7.56. The van der Waals surface area contributed by atoms with Crippen molar-refractivity contribution in [3.8, 4) is 0 Å². The molecule has 212 valence electrons. The minimum Gasteiger partial charge on any atom is -0.379 e. The summed E-state index contributed by atoms with van der Waals surface area (Å²) in [5.41, 5.74) is 0. The molecule has 3 aliphatic rings. The summed E-state index contributed by atoms with van der Waals surface area (Å²) < 4.78 is 75.7. The molecule has 0 aromatic carbocycles. The Morgan fingerprint density at radius 1 is 0.865 bits per heavy atom. The van der Waals surface area contributed by atoms with Gasteiger partial charge in [0, 0.05) is 18.0 Å². The lowest BCUT2D eigenvalue weighted by Gasteiger charge is -2.25. The van der Waals surface area contributed by atoms with Crippen LogP contribution < -0.4 is 0 Å². The van der Waals surface area contributed by atoms with E-state index in [9.17, 15) is 14.0 Å². The molecule has 0 saturated carbocycles. The molecule has 4 unspecified atom stereocenters. The third-order valence-corrected chi connectivity index (χ3v) is 9.51. The van der Waals surface area contributed by atoms with Crippen LogP contribution in [0.15, 0.2) is 0 Å². The molecule has 0 aromatic heterocycles. The second kappa shape index (κ2) is 14.5. The molecule has 0 bridgehead atoms. The highest BCUT2D eigenvalue weighted by Crippen LogP contribution is 2.56. The molecule has 19 heteroatoms. The molecular weight excluding hydrogens is 662 g/mol. The number of phosphoric acid groups is 1. The van der Waals surface area contributed by atoms with Crippen LogP contribution in [0.25, 0.3) is 0 Å². The first-order valence-electron chi connectivity index (χ1n) is 12.4. The smallest absolute Gasteiger partial charge is 0.379 e. The number of rotatable bonds is 14. The first-order chi connectivity index (χ1) is 17.3. The predicted octanol–water partition coefficient (Wildman–Crippen LogP) is 0.333. The average Bonchev–Trinajstić information content (AvgIpc) is 3.44. The Labute approximate surface area is 240 Å². The van der Waals surface area contributed by atoms with Crippen LogP contribution in [-0.2, 0) is 49.2 Å². The van der Waals surface area contributed by atoms with Crippen LogP contribution in [0.1, 0.15) is 33.1 Å². The lowest BCUT2D eigenvalue weighted by atomic mass is 9.96. The lowest BCUT2D eigenvalue weighted by Crippen LogP contribution is -2.31. The van der Waals surface area contributed by atoms with Crippen molar-refractivity contribution in [1.29, 1.82) is 0 Å². The molecule has 0 spiro atoms. The SMILES string of the molecule is B[C@H]1CC(OI)[C@@H](CO[P@](=O)(S)OC2C[C@H](B)O[C@@H]2COP(=O)(O)OC2C[C@H](B)O[C@@H]2COC(C)C)O1. The molecule has 3 saturated heterocycles. The minimum atomic E-state index is -4.47. The summed E-state index contributed by atoms with van der Waals surface area (Å²) in [5, 5.41) is 0. The Kier molecular flexibility index (Phi) is 12.9. The summed E-state index contributed by atoms with van der Waals surface area (Å²) in [5.74, 6) is 0. The van der Waals surface area contributed by atoms with E-state index >= 15 is 0 Å². The molecule has 0 aromatic rings. The van der Waals surface area contributed by atoms with Gasteiger partial charge in [-0.15, -0.1) is 0 Å². The monoisotopic (exact) mass is 698 g/mol. The third-order valence-electron chi connectivity index (χ3n) is 6.21. The molecule has 0 amide bonds. The Balaban J connectivity index is 1.50. The van der Waals surface area contributed by atoms with Crippen LogP contribution >= 0.6 is 49.9 Å². The van der Waals surface area contributed by atoms with E-state index in [0.29, 0.717) is 19.3 Å². The zero-order chi connectivity index (χ0) is 27.4. The molecule has 3 heterocycles. The minimum absolute atomic E-state index is 0.00684. The summed E-state index contributed by atoms with van der Waals surface area (Å²) in [7, 11) is 1.12. The fraction of sp³-hybridized carbons (Fsp3) is 1.00. The van der Waals surface area contributed by atoms with Crippen molar-refractivity contribution in [1.82, 2.24) is 0 Å². The van der Waals surface area contributed by atoms with Crippen molar-refractivity contribution >= 4 is 73.4 Å². The van der Waals surface area contributed by atoms with Gasteiger partial charge in [-0.1, -0.05) is 12.2 Å². The van der Waals surface area contributed by atoms with Crippen LogP contribution in [0.2, 0.25) is 0 Å². The van der Waals surface area contributed by atoms with Crippen LogP contribution in [0.4, 0.5) is 0 Å². The maximum Gasteiger partial charge on any atom is 0.472 e. The van der Waals surface area contributed by atoms with Gasteiger partial charge in [0.15, 0.2) is 0 Å². The highest BCUT2D eigenvalue weighted by molar-refractivity contribution is 14.1. The first-order valence-corrected chi connectivity index (χ1v) is 17.5. The van der Waals surface area contributed by atoms with Crippen LogP contribution in [0.5, 0.6) is 0 Å². The van der Waals surface area contributed by atoms with Gasteiger partial charge in [0.05, 0.1) is 38.1 Å². The van der Waals surface area contributed by atoms with Gasteiger partial charge in [-0.25, -0.2) is 9.13 Å². The summed E-state index contributed by atoms with van der Waals surface area (Å²) >= 11 is 5.91. The molecule has 0 radical (unpaired) electrons. The zero-order valence-electron chi connectivity index (χ0n) is 21.7. The molecule has 3 rings (SSSR count). The number of hydrogen-bond acceptors (Lipinski definition) is 11. The molecule has 1 N–H and O–H groups in total. The normalized spacial score (nSPS) is 39.7. The highest BCUT2D eigenvalue weighted by Gasteiger charge is 2.43. The van der Waals surface area contributed by atoms with Gasteiger partial charge in [0.25, 0.3) is 0 Å². The third kappa shape index (κ3) is 10.6. The second-order valence-electron chi connectivity index (χ2n) is 9.99. The van der Waals surface area contributed by atoms with E-state index in [2.05, 4.69) is 12.2 Å². The molecule has 11 atom stereocenters. The summed E-state index contributed by atoms with van der Waals surface area (Å²) in [6.45, 7) is -0.128. The van der Waals surface area contributed by atoms with Gasteiger partial charge in [0.2, 0.25) is 0 Å². The first kappa shape index (κ1) is 32.8. The molecule has 0 aliphatic carbocycles. The summed E-state index contributed by atoms with van der Waals surface area (Å²) in [4.78, 5) is 10.4. The number of phosphoric ester groups is 1. The highest BCUT2D eigenvalue weighted by atomic mass is 127. The number of halogens is 1. The fourth-order valence-electron chi connectivity index (χ4n) is 4.54. The van der Waals surface area contributed by atoms with E-state index in [-0.39, 0.29) is 50.0 Å². The van der Waals surface area contributed by atoms with Gasteiger partial charge in [-0.05, 0) is 33.1 Å². The zero-order valence-corrected chi connectivity index (χ0v) is 26.5. The van der Waals surface area contributed by atoms with Crippen LogP contribution in [0.3, 0.4) is 0 Å². The molecule has 3 fully saturated rings. The second-order valence-corrected chi connectivity index (χ2v) is 14.8. The quantitative estimate of drug-likeness (QED) is 0.112. The summed E-state index contributed by atoms with van der Waals surface area (Å²) in [6, 6.07) is -0.417. The maximum absolute atomic E-state index is 12.9. The Morgan fingerprint density at radius 2 is 1.32 bits per heavy atom. The maximum atomic E-state index is 12.9. The van der Waals surface area contributed by atoms with E-state index in [4.69, 9.17) is 40.1 Å². The van der Waals surface area contributed by atoms with Gasteiger partial charge in [-0.3, -0.25) is 18.1 Å². The number of hydrogen-bond donors (Lipinski definition) is 2. The Bertz CT molecular complexity index is 837. The standard InChI is InChI=1S/C18H36B3IO12P2S/c1-9(2)26-6-13-11(4-17(20)29-13)33-35(23,24)27-7-15-12(5-18(21)31-15)34-36(25,37)28-8-14-10(32-22)3-16(19)30-14/h9-18H,3-8,19-21H2,1-2H3,(H,23,24)(H,25,37)/t10?,11?,12?,13-,14-,15-,16-,17-,18-,36+/m1/s1. The van der Waals surface area contributed by atoms with Crippen molar-refractivity contribution in [3.05, 3.63) is 0 Å². The van der Waals surface area contributed by atoms with Crippen molar-refractivity contribution < 1.29 is 54.1 Å². The van der Waals surface area contributed by atoms with E-state index < -0.39 is 45.1 Å². The van der Waals surface area contributed by atoms with Crippen LogP contribution in [0, 0.1) is 0 Å². The van der Waals surface area contributed by atoms with Gasteiger partial charge < -0.3 is 26.9 Å². The van der Waals surface area contributed by atoms with E-state index in [0.717, 1.165) is 0 Å². The van der Waals surface area contributed by atoms with Crippen molar-refractivity contribution in [2.45, 2.75) is 93.8 Å². The summed E-state index contributed by atoms with van der Waals surface area (Å²) in [6.07, 6.45) is -1.78. The van der Waals surface area contributed by atoms with Crippen LogP contribution in [-0.4, -0.2) is 109 Å². The van der Waals surface area contributed by atoms with Gasteiger partial charge in [-0.2, -0.15) is 0 Å². The van der Waals surface area contributed by atoms with Gasteiger partial charge in [0.1, 0.15) is 71.0 Å². The van der Waals surface area contributed by atoms with Crippen molar-refractivity contribution in [2.24, 2.45) is 0 Å². The molecule has 37 heavy (non-hydrogen) atoms. The van der Waals surface area contributed by atoms with E-state index in [1.54, 1.807) is 0 Å². The lowest BCUT2D eigenvalue weighted by molar-refractivity contribution is -0.0508. The van der Waals surface area contributed by atoms with Crippen molar-refractivity contribution in [3.63, 3.8) is 0 Å². The number of thiol groups is 1. The average molecular weight is 698 g/mol. The molecule has 3 aliphatic heterocycles. The topological polar surface area (TPSA) is 137 Å². The van der Waals surface area contributed by atoms with E-state index in [1.807, 2.05) is 60.4 Å². The molecule has 12 nitrogen and oxygen atoms in total. The van der Waals surface area contributed by atoms with Gasteiger partial charge >= 0.3 is 14.6 Å².